The molecule has 2 aromatic carbocycles. The van der Waals surface area contributed by atoms with E-state index in [1.54, 1.807) is 31.4 Å². The van der Waals surface area contributed by atoms with Crippen LogP contribution in [-0.2, 0) is 4.79 Å². The molecule has 1 unspecified atom stereocenters. The highest BCUT2D eigenvalue weighted by Gasteiger charge is 2.25. The van der Waals surface area contributed by atoms with Crippen LogP contribution >= 0.6 is 0 Å². The minimum atomic E-state index is -0.890. The van der Waals surface area contributed by atoms with Gasteiger partial charge in [0.1, 0.15) is 17.6 Å². The first-order valence-electron chi connectivity index (χ1n) is 14.5. The van der Waals surface area contributed by atoms with E-state index in [1.807, 2.05) is 49.2 Å². The number of ketones is 1. The third-order valence-corrected chi connectivity index (χ3v) is 7.21. The van der Waals surface area contributed by atoms with E-state index in [9.17, 15) is 14.7 Å². The predicted molar refractivity (Wildman–Crippen MR) is 161 cm³/mol. The van der Waals surface area contributed by atoms with Crippen LogP contribution in [0.5, 0.6) is 11.5 Å². The molecule has 7 heteroatoms. The van der Waals surface area contributed by atoms with E-state index in [2.05, 4.69) is 18.8 Å². The first-order chi connectivity index (χ1) is 19.3. The molecule has 7 nitrogen and oxygen atoms in total. The van der Waals surface area contributed by atoms with Crippen LogP contribution in [0.4, 0.5) is 0 Å². The maximum absolute atomic E-state index is 12.9. The van der Waals surface area contributed by atoms with Crippen LogP contribution in [0.25, 0.3) is 0 Å². The molecule has 220 valence electrons. The number of nitrogens with one attached hydrogen (secondary N) is 1. The van der Waals surface area contributed by atoms with Gasteiger partial charge >= 0.3 is 0 Å². The van der Waals surface area contributed by atoms with Crippen molar-refractivity contribution in [3.05, 3.63) is 72.3 Å². The first-order valence-corrected chi connectivity index (χ1v) is 14.5. The molecule has 0 bridgehead atoms. The molecule has 0 aromatic heterocycles. The fraction of sp³-hybridized carbons (Fsp3) is 0.515. The Labute approximate surface area is 240 Å². The van der Waals surface area contributed by atoms with E-state index >= 15 is 0 Å². The zero-order valence-electron chi connectivity index (χ0n) is 24.7. The Morgan fingerprint density at radius 1 is 0.975 bits per heavy atom. The molecule has 40 heavy (non-hydrogen) atoms. The van der Waals surface area contributed by atoms with Crippen LogP contribution in [0.1, 0.15) is 87.2 Å². The second-order valence-corrected chi connectivity index (χ2v) is 10.4. The summed E-state index contributed by atoms with van der Waals surface area (Å²) in [5, 5.41) is 14.3. The Bertz CT molecular complexity index is 1020. The predicted octanol–water partition coefficient (Wildman–Crippen LogP) is 6.12. The van der Waals surface area contributed by atoms with Crippen LogP contribution in [-0.4, -0.2) is 61.1 Å². The summed E-state index contributed by atoms with van der Waals surface area (Å²) in [4.78, 5) is 27.4. The van der Waals surface area contributed by atoms with Crippen molar-refractivity contribution in [1.29, 1.82) is 0 Å². The van der Waals surface area contributed by atoms with E-state index in [0.717, 1.165) is 18.6 Å². The average molecular weight is 553 g/mol. The molecule has 0 spiro atoms. The van der Waals surface area contributed by atoms with Crippen molar-refractivity contribution in [1.82, 2.24) is 10.2 Å². The van der Waals surface area contributed by atoms with Crippen LogP contribution < -0.4 is 14.8 Å². The van der Waals surface area contributed by atoms with Crippen LogP contribution in [0, 0.1) is 0 Å². The summed E-state index contributed by atoms with van der Waals surface area (Å²) in [6.45, 7) is 9.19. The smallest absolute Gasteiger partial charge is 0.220 e. The standard InChI is InChI=1S/C33H48N2O5/c1-6-8-9-12-23-40-29-21-17-27(18-22-29)33(38)30(24-35(4)25(3)7-2)34-32(37)14-11-10-13-31(36)26-15-19-28(39-5)20-16-26/h7,15-22,25,30,33,38H,2,6,8-14,23-24H2,1,3-5H3,(H,34,37)/t25?,30-,33-/m1/s1. The number of aliphatic hydroxyl groups excluding tert-OH is 1. The number of carbonyl (C=O) groups excluding carboxylic acids is 2. The van der Waals surface area contributed by atoms with Crippen molar-refractivity contribution in [2.75, 3.05) is 27.3 Å². The lowest BCUT2D eigenvalue weighted by molar-refractivity contribution is -0.123. The summed E-state index contributed by atoms with van der Waals surface area (Å²) in [5.41, 5.74) is 1.36. The molecule has 2 aromatic rings. The second-order valence-electron chi connectivity index (χ2n) is 10.4. The molecule has 1 amide bonds. The Morgan fingerprint density at radius 3 is 2.25 bits per heavy atom. The molecule has 0 aliphatic heterocycles. The molecule has 0 heterocycles. The lowest BCUT2D eigenvalue weighted by Gasteiger charge is -2.31. The molecule has 0 saturated heterocycles. The first kappa shape index (κ1) is 33.0. The number of methoxy groups -OCH3 is 1. The van der Waals surface area contributed by atoms with Gasteiger partial charge in [-0.05, 0) is 75.2 Å². The molecule has 0 fully saturated rings. The summed E-state index contributed by atoms with van der Waals surface area (Å²) < 4.78 is 11.0. The molecule has 3 atom stereocenters. The molecule has 0 aliphatic rings. The van der Waals surface area contributed by atoms with Crippen molar-refractivity contribution < 1.29 is 24.2 Å². The molecule has 0 radical (unpaired) electrons. The van der Waals surface area contributed by atoms with Gasteiger partial charge in [-0.15, -0.1) is 6.58 Å². The number of nitrogens with zero attached hydrogens (tertiary/aromatic N) is 1. The van der Waals surface area contributed by atoms with Crippen LogP contribution in [0.2, 0.25) is 0 Å². The molecular weight excluding hydrogens is 504 g/mol. The van der Waals surface area contributed by atoms with Gasteiger partial charge in [0.2, 0.25) is 5.91 Å². The topological polar surface area (TPSA) is 88.1 Å². The van der Waals surface area contributed by atoms with Crippen LogP contribution in [0.3, 0.4) is 0 Å². The maximum atomic E-state index is 12.9. The Kier molecular flexibility index (Phi) is 15.1. The summed E-state index contributed by atoms with van der Waals surface area (Å²) in [6.07, 6.45) is 7.37. The SMILES string of the molecule is C=CC(C)N(C)C[C@@H](NC(=O)CCCCC(=O)c1ccc(OC)cc1)[C@H](O)c1ccc(OCCCCCC)cc1. The van der Waals surface area contributed by atoms with Gasteiger partial charge in [0, 0.05) is 31.0 Å². The van der Waals surface area contributed by atoms with Gasteiger partial charge < -0.3 is 19.9 Å². The minimum absolute atomic E-state index is 0.0461. The van der Waals surface area contributed by atoms with E-state index in [0.29, 0.717) is 49.3 Å². The molecular formula is C33H48N2O5. The molecule has 2 N–H and O–H groups in total. The number of hydrogen-bond acceptors (Lipinski definition) is 6. The molecule has 0 saturated carbocycles. The van der Waals surface area contributed by atoms with Gasteiger partial charge in [0.25, 0.3) is 0 Å². The second kappa shape index (κ2) is 18.2. The Hall–Kier alpha value is -3.16. The number of unbranched alkanes of at least 4 members (excludes halogenated alkanes) is 4. The fourth-order valence-electron chi connectivity index (χ4n) is 4.36. The van der Waals surface area contributed by atoms with Gasteiger partial charge in [-0.1, -0.05) is 44.4 Å². The van der Waals surface area contributed by atoms with E-state index in [1.165, 1.54) is 12.8 Å². The minimum Gasteiger partial charge on any atom is -0.497 e. The zero-order chi connectivity index (χ0) is 29.3. The van der Waals surface area contributed by atoms with E-state index < -0.39 is 12.1 Å². The Morgan fingerprint density at radius 2 is 1.62 bits per heavy atom. The number of carbonyl (C=O) groups is 2. The zero-order valence-corrected chi connectivity index (χ0v) is 24.7. The average Bonchev–Trinajstić information content (AvgIpc) is 2.98. The molecule has 0 aliphatic carbocycles. The largest absolute Gasteiger partial charge is 0.497 e. The summed E-state index contributed by atoms with van der Waals surface area (Å²) >= 11 is 0. The number of aliphatic hydroxyl groups is 1. The van der Waals surface area contributed by atoms with Crippen molar-refractivity contribution >= 4 is 11.7 Å². The van der Waals surface area contributed by atoms with Gasteiger partial charge in [-0.2, -0.15) is 0 Å². The van der Waals surface area contributed by atoms with Crippen molar-refractivity contribution in [2.45, 2.75) is 83.4 Å². The van der Waals surface area contributed by atoms with Gasteiger partial charge in [0.05, 0.1) is 19.8 Å². The van der Waals surface area contributed by atoms with Crippen molar-refractivity contribution in [3.63, 3.8) is 0 Å². The number of hydrogen-bond donors (Lipinski definition) is 2. The monoisotopic (exact) mass is 552 g/mol. The van der Waals surface area contributed by atoms with Crippen molar-refractivity contribution in [2.24, 2.45) is 0 Å². The summed E-state index contributed by atoms with van der Waals surface area (Å²) in [5.74, 6) is 1.38. The number of amides is 1. The number of rotatable bonds is 20. The van der Waals surface area contributed by atoms with Gasteiger partial charge in [-0.3, -0.25) is 14.5 Å². The third kappa shape index (κ3) is 11.5. The lowest BCUT2D eigenvalue weighted by atomic mass is 10.0. The highest BCUT2D eigenvalue weighted by Crippen LogP contribution is 2.22. The number of ether oxygens (including phenoxy) is 2. The van der Waals surface area contributed by atoms with Crippen LogP contribution in [0.15, 0.2) is 61.2 Å². The number of likely N-dealkylation sites (N-methyl/N-ethyl adjacent to an activating group) is 1. The Balaban J connectivity index is 1.91. The van der Waals surface area contributed by atoms with E-state index in [4.69, 9.17) is 9.47 Å². The number of Topliss-reactive ketones (excluding diaryl/α,β-unsaturated/α-hetero) is 1. The van der Waals surface area contributed by atoms with Crippen molar-refractivity contribution in [3.8, 4) is 11.5 Å². The maximum Gasteiger partial charge on any atom is 0.220 e. The summed E-state index contributed by atoms with van der Waals surface area (Å²) in [6, 6.07) is 14.1. The third-order valence-electron chi connectivity index (χ3n) is 7.21. The highest BCUT2D eigenvalue weighted by atomic mass is 16.5. The van der Waals surface area contributed by atoms with Gasteiger partial charge in [0.15, 0.2) is 5.78 Å². The summed E-state index contributed by atoms with van der Waals surface area (Å²) in [7, 11) is 3.53. The fourth-order valence-corrected chi connectivity index (χ4v) is 4.36. The van der Waals surface area contributed by atoms with Gasteiger partial charge in [-0.25, -0.2) is 0 Å². The highest BCUT2D eigenvalue weighted by molar-refractivity contribution is 5.96. The van der Waals surface area contributed by atoms with E-state index in [-0.39, 0.29) is 24.2 Å². The molecule has 2 rings (SSSR count). The number of benzene rings is 2. The lowest BCUT2D eigenvalue weighted by Crippen LogP contribution is -2.48. The normalized spacial score (nSPS) is 13.3. The quantitative estimate of drug-likeness (QED) is 0.117.